The molecule has 0 saturated heterocycles. The summed E-state index contributed by atoms with van der Waals surface area (Å²) in [6.07, 6.45) is 0. The third-order valence-electron chi connectivity index (χ3n) is 2.51. The van der Waals surface area contributed by atoms with Crippen molar-refractivity contribution in [2.45, 2.75) is 31.7 Å². The third-order valence-corrected chi connectivity index (χ3v) is 3.69. The Morgan fingerprint density at radius 1 is 1.44 bits per heavy atom. The van der Waals surface area contributed by atoms with E-state index in [9.17, 15) is 4.79 Å². The first-order valence-corrected chi connectivity index (χ1v) is 7.00. The number of rotatable bonds is 6. The fraction of sp³-hybridized carbons (Fsp3) is 0.500. The van der Waals surface area contributed by atoms with Crippen LogP contribution in [0.2, 0.25) is 0 Å². The zero-order valence-corrected chi connectivity index (χ0v) is 12.3. The Bertz CT molecular complexity index is 407. The summed E-state index contributed by atoms with van der Waals surface area (Å²) in [7, 11) is 1.63. The summed E-state index contributed by atoms with van der Waals surface area (Å²) in [6, 6.07) is 6.33. The van der Waals surface area contributed by atoms with Crippen molar-refractivity contribution in [1.29, 1.82) is 0 Å². The summed E-state index contributed by atoms with van der Waals surface area (Å²) < 4.78 is 4.98. The molecule has 0 radical (unpaired) electrons. The first-order valence-electron chi connectivity index (χ1n) is 6.01. The maximum absolute atomic E-state index is 11.7. The Balaban J connectivity index is 2.42. The highest BCUT2D eigenvalue weighted by atomic mass is 32.2. The van der Waals surface area contributed by atoms with Gasteiger partial charge in [-0.1, -0.05) is 17.7 Å². The Kier molecular flexibility index (Phi) is 6.22. The molecule has 0 spiro atoms. The summed E-state index contributed by atoms with van der Waals surface area (Å²) in [5.74, 6) is 0.488. The minimum absolute atomic E-state index is 0.0459. The van der Waals surface area contributed by atoms with Crippen LogP contribution in [0.15, 0.2) is 23.1 Å². The standard InChI is InChI=1S/C14H21NO2S/c1-10-5-6-13(11(2)7-10)18-9-14(16)15-12(3)8-17-4/h5-7,12H,8-9H2,1-4H3,(H,15,16)/t12-/m1/s1. The van der Waals surface area contributed by atoms with Crippen LogP contribution >= 0.6 is 11.8 Å². The van der Waals surface area contributed by atoms with Crippen LogP contribution in [0.1, 0.15) is 18.1 Å². The molecule has 100 valence electrons. The monoisotopic (exact) mass is 267 g/mol. The molecule has 1 N–H and O–H groups in total. The van der Waals surface area contributed by atoms with Crippen molar-refractivity contribution in [2.75, 3.05) is 19.5 Å². The van der Waals surface area contributed by atoms with Crippen molar-refractivity contribution in [1.82, 2.24) is 5.32 Å². The van der Waals surface area contributed by atoms with Crippen LogP contribution in [0.5, 0.6) is 0 Å². The van der Waals surface area contributed by atoms with Crippen molar-refractivity contribution in [3.63, 3.8) is 0 Å². The smallest absolute Gasteiger partial charge is 0.230 e. The number of nitrogens with one attached hydrogen (secondary N) is 1. The molecule has 0 aliphatic heterocycles. The van der Waals surface area contributed by atoms with Crippen LogP contribution in [-0.2, 0) is 9.53 Å². The fourth-order valence-corrected chi connectivity index (χ4v) is 2.53. The molecule has 1 rings (SSSR count). The molecule has 0 aliphatic rings. The molecule has 1 aromatic rings. The number of hydrogen-bond acceptors (Lipinski definition) is 3. The van der Waals surface area contributed by atoms with Gasteiger partial charge in [0, 0.05) is 18.0 Å². The highest BCUT2D eigenvalue weighted by Crippen LogP contribution is 2.22. The highest BCUT2D eigenvalue weighted by molar-refractivity contribution is 8.00. The van der Waals surface area contributed by atoms with Crippen molar-refractivity contribution < 1.29 is 9.53 Å². The lowest BCUT2D eigenvalue weighted by atomic mass is 10.2. The van der Waals surface area contributed by atoms with Gasteiger partial charge in [-0.25, -0.2) is 0 Å². The molecular weight excluding hydrogens is 246 g/mol. The van der Waals surface area contributed by atoms with E-state index < -0.39 is 0 Å². The number of aryl methyl sites for hydroxylation is 2. The van der Waals surface area contributed by atoms with Crippen LogP contribution in [0, 0.1) is 13.8 Å². The average molecular weight is 267 g/mol. The second-order valence-corrected chi connectivity index (χ2v) is 5.50. The molecule has 0 saturated carbocycles. The van der Waals surface area contributed by atoms with Crippen LogP contribution in [0.25, 0.3) is 0 Å². The van der Waals surface area contributed by atoms with Gasteiger partial charge in [0.15, 0.2) is 0 Å². The summed E-state index contributed by atoms with van der Waals surface area (Å²) in [6.45, 7) is 6.62. The number of thioether (sulfide) groups is 1. The maximum atomic E-state index is 11.7. The summed E-state index contributed by atoms with van der Waals surface area (Å²) in [4.78, 5) is 12.9. The van der Waals surface area contributed by atoms with E-state index in [2.05, 4.69) is 37.4 Å². The zero-order chi connectivity index (χ0) is 13.5. The largest absolute Gasteiger partial charge is 0.383 e. The molecule has 0 bridgehead atoms. The van der Waals surface area contributed by atoms with E-state index in [1.165, 1.54) is 11.1 Å². The minimum Gasteiger partial charge on any atom is -0.383 e. The number of benzene rings is 1. The molecule has 0 aromatic heterocycles. The van der Waals surface area contributed by atoms with E-state index in [-0.39, 0.29) is 11.9 Å². The quantitative estimate of drug-likeness (QED) is 0.805. The second-order valence-electron chi connectivity index (χ2n) is 4.48. The molecule has 4 heteroatoms. The van der Waals surface area contributed by atoms with Gasteiger partial charge in [0.2, 0.25) is 5.91 Å². The van der Waals surface area contributed by atoms with Gasteiger partial charge in [0.1, 0.15) is 0 Å². The molecule has 3 nitrogen and oxygen atoms in total. The molecule has 0 fully saturated rings. The number of carbonyl (C=O) groups is 1. The molecule has 0 unspecified atom stereocenters. The molecule has 1 atom stereocenters. The Morgan fingerprint density at radius 3 is 2.78 bits per heavy atom. The highest BCUT2D eigenvalue weighted by Gasteiger charge is 2.08. The molecule has 1 amide bonds. The normalized spacial score (nSPS) is 12.2. The number of hydrogen-bond donors (Lipinski definition) is 1. The van der Waals surface area contributed by atoms with Crippen molar-refractivity contribution in [2.24, 2.45) is 0 Å². The van der Waals surface area contributed by atoms with Gasteiger partial charge in [-0.05, 0) is 32.4 Å². The first kappa shape index (κ1) is 15.1. The second kappa shape index (κ2) is 7.44. The number of carbonyl (C=O) groups excluding carboxylic acids is 1. The zero-order valence-electron chi connectivity index (χ0n) is 11.4. The molecule has 0 aliphatic carbocycles. The predicted octanol–water partition coefficient (Wildman–Crippen LogP) is 2.55. The maximum Gasteiger partial charge on any atom is 0.230 e. The van der Waals surface area contributed by atoms with Crippen molar-refractivity contribution >= 4 is 17.7 Å². The lowest BCUT2D eigenvalue weighted by Gasteiger charge is -2.13. The van der Waals surface area contributed by atoms with Crippen LogP contribution in [0.4, 0.5) is 0 Å². The van der Waals surface area contributed by atoms with Crippen LogP contribution < -0.4 is 5.32 Å². The van der Waals surface area contributed by atoms with E-state index in [4.69, 9.17) is 4.74 Å². The molecule has 0 heterocycles. The van der Waals surface area contributed by atoms with E-state index >= 15 is 0 Å². The topological polar surface area (TPSA) is 38.3 Å². The van der Waals surface area contributed by atoms with Gasteiger partial charge < -0.3 is 10.1 Å². The fourth-order valence-electron chi connectivity index (χ4n) is 1.71. The Morgan fingerprint density at radius 2 is 2.17 bits per heavy atom. The Hall–Kier alpha value is -1.00. The summed E-state index contributed by atoms with van der Waals surface area (Å²) in [5, 5.41) is 2.90. The summed E-state index contributed by atoms with van der Waals surface area (Å²) in [5.41, 5.74) is 2.47. The first-order chi connectivity index (χ1) is 8.52. The minimum atomic E-state index is 0.0459. The molecular formula is C14H21NO2S. The van der Waals surface area contributed by atoms with Gasteiger partial charge >= 0.3 is 0 Å². The SMILES string of the molecule is COC[C@@H](C)NC(=O)CSc1ccc(C)cc1C. The molecule has 1 aromatic carbocycles. The third kappa shape index (κ3) is 5.10. The lowest BCUT2D eigenvalue weighted by molar-refractivity contribution is -0.119. The average Bonchev–Trinajstić information content (AvgIpc) is 2.28. The van der Waals surface area contributed by atoms with E-state index in [1.807, 2.05) is 6.92 Å². The van der Waals surface area contributed by atoms with E-state index in [0.29, 0.717) is 12.4 Å². The van der Waals surface area contributed by atoms with Gasteiger partial charge in [-0.15, -0.1) is 11.8 Å². The predicted molar refractivity (Wildman–Crippen MR) is 76.1 cm³/mol. The molecule has 18 heavy (non-hydrogen) atoms. The van der Waals surface area contributed by atoms with Gasteiger partial charge in [-0.3, -0.25) is 4.79 Å². The van der Waals surface area contributed by atoms with Crippen molar-refractivity contribution in [3.05, 3.63) is 29.3 Å². The number of methoxy groups -OCH3 is 1. The van der Waals surface area contributed by atoms with Crippen molar-refractivity contribution in [3.8, 4) is 0 Å². The van der Waals surface area contributed by atoms with Gasteiger partial charge in [-0.2, -0.15) is 0 Å². The number of amides is 1. The van der Waals surface area contributed by atoms with E-state index in [0.717, 1.165) is 4.90 Å². The van der Waals surface area contributed by atoms with Crippen LogP contribution in [-0.4, -0.2) is 31.4 Å². The summed E-state index contributed by atoms with van der Waals surface area (Å²) >= 11 is 1.57. The Labute approximate surface area is 113 Å². The van der Waals surface area contributed by atoms with E-state index in [1.54, 1.807) is 18.9 Å². The van der Waals surface area contributed by atoms with Crippen LogP contribution in [0.3, 0.4) is 0 Å². The van der Waals surface area contributed by atoms with Gasteiger partial charge in [0.05, 0.1) is 12.4 Å². The van der Waals surface area contributed by atoms with Gasteiger partial charge in [0.25, 0.3) is 0 Å². The number of ether oxygens (including phenoxy) is 1. The lowest BCUT2D eigenvalue weighted by Crippen LogP contribution is -2.36.